The Kier molecular flexibility index (Phi) is 6.36. The van der Waals surface area contributed by atoms with E-state index in [-0.39, 0.29) is 5.91 Å². The molecule has 1 saturated heterocycles. The lowest BCUT2D eigenvalue weighted by molar-refractivity contribution is -0.120. The number of amides is 1. The van der Waals surface area contributed by atoms with Crippen molar-refractivity contribution in [3.05, 3.63) is 0 Å². The molecule has 0 saturated carbocycles. The molecule has 0 spiro atoms. The largest absolute Gasteiger partial charge is 0.378 e. The van der Waals surface area contributed by atoms with Gasteiger partial charge in [0.1, 0.15) is 0 Å². The van der Waals surface area contributed by atoms with Crippen LogP contribution in [0.5, 0.6) is 0 Å². The fourth-order valence-electron chi connectivity index (χ4n) is 1.66. The van der Waals surface area contributed by atoms with E-state index in [4.69, 9.17) is 4.74 Å². The minimum Gasteiger partial charge on any atom is -0.378 e. The summed E-state index contributed by atoms with van der Waals surface area (Å²) < 4.78 is 5.48. The highest BCUT2D eigenvalue weighted by molar-refractivity contribution is 5.77. The maximum absolute atomic E-state index is 11.2. The number of ether oxygens (including phenoxy) is 1. The van der Waals surface area contributed by atoms with E-state index in [1.165, 1.54) is 12.8 Å². The first-order valence-electron chi connectivity index (χ1n) is 5.92. The van der Waals surface area contributed by atoms with Crippen LogP contribution >= 0.6 is 0 Å². The Morgan fingerprint density at radius 1 is 1.47 bits per heavy atom. The van der Waals surface area contributed by atoms with E-state index in [0.717, 1.165) is 32.5 Å². The zero-order valence-electron chi connectivity index (χ0n) is 9.55. The SMILES string of the molecule is CCCNC(=O)CNCCC1CCCO1. The summed E-state index contributed by atoms with van der Waals surface area (Å²) in [7, 11) is 0. The Morgan fingerprint density at radius 2 is 2.33 bits per heavy atom. The van der Waals surface area contributed by atoms with Gasteiger partial charge in [-0.25, -0.2) is 0 Å². The zero-order valence-corrected chi connectivity index (χ0v) is 9.55. The average molecular weight is 214 g/mol. The summed E-state index contributed by atoms with van der Waals surface area (Å²) in [5.41, 5.74) is 0. The van der Waals surface area contributed by atoms with E-state index < -0.39 is 0 Å². The van der Waals surface area contributed by atoms with Crippen LogP contribution in [0.1, 0.15) is 32.6 Å². The second kappa shape index (κ2) is 7.65. The van der Waals surface area contributed by atoms with Gasteiger partial charge in [0.2, 0.25) is 5.91 Å². The van der Waals surface area contributed by atoms with Crippen LogP contribution in [0, 0.1) is 0 Å². The summed E-state index contributed by atoms with van der Waals surface area (Å²) in [6.45, 7) is 5.01. The molecule has 0 aromatic heterocycles. The molecule has 1 heterocycles. The molecule has 1 unspecified atom stereocenters. The van der Waals surface area contributed by atoms with Gasteiger partial charge in [-0.05, 0) is 32.2 Å². The van der Waals surface area contributed by atoms with Crippen molar-refractivity contribution in [2.75, 3.05) is 26.2 Å². The molecule has 1 rings (SSSR count). The zero-order chi connectivity index (χ0) is 10.9. The van der Waals surface area contributed by atoms with Crippen molar-refractivity contribution in [3.8, 4) is 0 Å². The lowest BCUT2D eigenvalue weighted by Gasteiger charge is -2.09. The predicted molar refractivity (Wildman–Crippen MR) is 59.8 cm³/mol. The standard InChI is InChI=1S/C11H22N2O2/c1-2-6-13-11(14)9-12-7-5-10-4-3-8-15-10/h10,12H,2-9H2,1H3,(H,13,14). The van der Waals surface area contributed by atoms with Crippen LogP contribution in [-0.4, -0.2) is 38.3 Å². The van der Waals surface area contributed by atoms with Gasteiger partial charge < -0.3 is 15.4 Å². The van der Waals surface area contributed by atoms with Gasteiger partial charge in [-0.1, -0.05) is 6.92 Å². The molecule has 0 bridgehead atoms. The van der Waals surface area contributed by atoms with Gasteiger partial charge in [0.25, 0.3) is 0 Å². The Balaban J connectivity index is 1.89. The van der Waals surface area contributed by atoms with Gasteiger partial charge in [-0.3, -0.25) is 4.79 Å². The van der Waals surface area contributed by atoms with Crippen LogP contribution in [0.2, 0.25) is 0 Å². The molecule has 0 aromatic carbocycles. The third-order valence-electron chi connectivity index (χ3n) is 2.52. The smallest absolute Gasteiger partial charge is 0.233 e. The van der Waals surface area contributed by atoms with Crippen molar-refractivity contribution < 1.29 is 9.53 Å². The molecule has 0 aliphatic carbocycles. The highest BCUT2D eigenvalue weighted by Gasteiger charge is 2.14. The minimum atomic E-state index is 0.0872. The highest BCUT2D eigenvalue weighted by atomic mass is 16.5. The summed E-state index contributed by atoms with van der Waals surface area (Å²) in [5, 5.41) is 5.96. The molecule has 4 nitrogen and oxygen atoms in total. The maximum Gasteiger partial charge on any atom is 0.233 e. The maximum atomic E-state index is 11.2. The molecule has 1 aliphatic heterocycles. The molecular formula is C11H22N2O2. The third-order valence-corrected chi connectivity index (χ3v) is 2.52. The summed E-state index contributed by atoms with van der Waals surface area (Å²) in [5.74, 6) is 0.0872. The first kappa shape index (κ1) is 12.5. The van der Waals surface area contributed by atoms with Crippen molar-refractivity contribution in [1.29, 1.82) is 0 Å². The number of carbonyl (C=O) groups is 1. The van der Waals surface area contributed by atoms with Crippen molar-refractivity contribution >= 4 is 5.91 Å². The number of hydrogen-bond donors (Lipinski definition) is 2. The molecule has 88 valence electrons. The van der Waals surface area contributed by atoms with Crippen molar-refractivity contribution in [2.24, 2.45) is 0 Å². The summed E-state index contributed by atoms with van der Waals surface area (Å²) in [4.78, 5) is 11.2. The van der Waals surface area contributed by atoms with Gasteiger partial charge >= 0.3 is 0 Å². The van der Waals surface area contributed by atoms with Crippen molar-refractivity contribution in [1.82, 2.24) is 10.6 Å². The molecule has 1 fully saturated rings. The number of nitrogens with one attached hydrogen (secondary N) is 2. The first-order valence-corrected chi connectivity index (χ1v) is 5.92. The molecule has 15 heavy (non-hydrogen) atoms. The van der Waals surface area contributed by atoms with E-state index >= 15 is 0 Å². The topological polar surface area (TPSA) is 50.4 Å². The molecule has 1 amide bonds. The number of hydrogen-bond acceptors (Lipinski definition) is 3. The summed E-state index contributed by atoms with van der Waals surface area (Å²) in [6.07, 6.45) is 4.77. The Bertz CT molecular complexity index is 179. The Morgan fingerprint density at radius 3 is 3.00 bits per heavy atom. The van der Waals surface area contributed by atoms with Crippen molar-refractivity contribution in [3.63, 3.8) is 0 Å². The quantitative estimate of drug-likeness (QED) is 0.612. The second-order valence-electron chi connectivity index (χ2n) is 3.95. The average Bonchev–Trinajstić information content (AvgIpc) is 2.74. The second-order valence-corrected chi connectivity index (χ2v) is 3.95. The van der Waals surface area contributed by atoms with E-state index in [1.807, 2.05) is 6.92 Å². The monoisotopic (exact) mass is 214 g/mol. The van der Waals surface area contributed by atoms with Crippen LogP contribution < -0.4 is 10.6 Å². The summed E-state index contributed by atoms with van der Waals surface area (Å²) in [6, 6.07) is 0. The van der Waals surface area contributed by atoms with Crippen molar-refractivity contribution in [2.45, 2.75) is 38.7 Å². The number of carbonyl (C=O) groups excluding carboxylic acids is 1. The molecule has 1 atom stereocenters. The van der Waals surface area contributed by atoms with Crippen LogP contribution in [0.15, 0.2) is 0 Å². The Hall–Kier alpha value is -0.610. The summed E-state index contributed by atoms with van der Waals surface area (Å²) >= 11 is 0. The molecule has 4 heteroatoms. The highest BCUT2D eigenvalue weighted by Crippen LogP contribution is 2.14. The lowest BCUT2D eigenvalue weighted by atomic mass is 10.2. The molecule has 0 radical (unpaired) electrons. The normalized spacial score (nSPS) is 20.5. The van der Waals surface area contributed by atoms with Crippen LogP contribution in [0.4, 0.5) is 0 Å². The van der Waals surface area contributed by atoms with Crippen LogP contribution in [0.3, 0.4) is 0 Å². The third kappa shape index (κ3) is 5.74. The Labute approximate surface area is 91.8 Å². The van der Waals surface area contributed by atoms with Gasteiger partial charge in [0.15, 0.2) is 0 Å². The van der Waals surface area contributed by atoms with Gasteiger partial charge in [0, 0.05) is 13.2 Å². The van der Waals surface area contributed by atoms with Gasteiger partial charge in [-0.2, -0.15) is 0 Å². The lowest BCUT2D eigenvalue weighted by Crippen LogP contribution is -2.35. The van der Waals surface area contributed by atoms with E-state index in [0.29, 0.717) is 12.6 Å². The van der Waals surface area contributed by atoms with Crippen LogP contribution in [-0.2, 0) is 9.53 Å². The predicted octanol–water partition coefficient (Wildman–Crippen LogP) is 0.671. The molecule has 1 aliphatic rings. The molecular weight excluding hydrogens is 192 g/mol. The van der Waals surface area contributed by atoms with E-state index in [2.05, 4.69) is 10.6 Å². The first-order chi connectivity index (χ1) is 7.33. The molecule has 0 aromatic rings. The fourth-order valence-corrected chi connectivity index (χ4v) is 1.66. The van der Waals surface area contributed by atoms with E-state index in [1.54, 1.807) is 0 Å². The molecule has 2 N–H and O–H groups in total. The van der Waals surface area contributed by atoms with Gasteiger partial charge in [-0.15, -0.1) is 0 Å². The fraction of sp³-hybridized carbons (Fsp3) is 0.909. The van der Waals surface area contributed by atoms with Crippen LogP contribution in [0.25, 0.3) is 0 Å². The number of rotatable bonds is 7. The minimum absolute atomic E-state index is 0.0872. The van der Waals surface area contributed by atoms with E-state index in [9.17, 15) is 4.79 Å². The van der Waals surface area contributed by atoms with Gasteiger partial charge in [0.05, 0.1) is 12.6 Å².